The Morgan fingerprint density at radius 3 is 1.24 bits per heavy atom. The molecule has 2 unspecified atom stereocenters. The van der Waals surface area contributed by atoms with Gasteiger partial charge in [0.1, 0.15) is 6.10 Å². The average molecular weight is 586 g/mol. The van der Waals surface area contributed by atoms with Crippen LogP contribution in [0, 0.1) is 0 Å². The van der Waals surface area contributed by atoms with E-state index in [1.807, 2.05) is 0 Å². The first kappa shape index (κ1) is 40.2. The van der Waals surface area contributed by atoms with Crippen molar-refractivity contribution in [2.24, 2.45) is 5.73 Å². The van der Waals surface area contributed by atoms with E-state index in [2.05, 4.69) is 62.5 Å². The van der Waals surface area contributed by atoms with Crippen LogP contribution in [0.3, 0.4) is 0 Å². The third-order valence-electron chi connectivity index (χ3n) is 7.79. The maximum Gasteiger partial charge on any atom is 0.163 e. The van der Waals surface area contributed by atoms with Gasteiger partial charge in [-0.05, 0) is 77.0 Å². The molecule has 3 N–H and O–H groups in total. The normalized spacial score (nSPS) is 13.7. The van der Waals surface area contributed by atoms with E-state index in [1.165, 1.54) is 64.2 Å². The molecule has 0 aliphatic rings. The van der Waals surface area contributed by atoms with Crippen molar-refractivity contribution >= 4 is 11.6 Å². The zero-order valence-electron chi connectivity index (χ0n) is 27.6. The number of rotatable bonds is 31. The molecule has 0 aromatic rings. The van der Waals surface area contributed by atoms with Crippen LogP contribution < -0.4 is 5.73 Å². The summed E-state index contributed by atoms with van der Waals surface area (Å²) >= 11 is 0. The van der Waals surface area contributed by atoms with E-state index in [-0.39, 0.29) is 11.6 Å². The second-order valence-electron chi connectivity index (χ2n) is 11.9. The van der Waals surface area contributed by atoms with Crippen molar-refractivity contribution < 1.29 is 14.7 Å². The molecule has 0 aliphatic heterocycles. The predicted molar refractivity (Wildman–Crippen MR) is 183 cm³/mol. The van der Waals surface area contributed by atoms with Crippen LogP contribution in [0.4, 0.5) is 0 Å². The summed E-state index contributed by atoms with van der Waals surface area (Å²) in [4.78, 5) is 24.7. The predicted octanol–water partition coefficient (Wildman–Crippen LogP) is 10.4. The van der Waals surface area contributed by atoms with Gasteiger partial charge in [-0.25, -0.2) is 0 Å². The van der Waals surface area contributed by atoms with E-state index in [1.54, 1.807) is 0 Å². The number of carbonyl (C=O) groups is 2. The van der Waals surface area contributed by atoms with Gasteiger partial charge in [-0.2, -0.15) is 0 Å². The summed E-state index contributed by atoms with van der Waals surface area (Å²) in [6, 6.07) is -1.08. The number of ketones is 2. The molecular formula is C38H67NO3. The molecule has 0 heterocycles. The Morgan fingerprint density at radius 2 is 0.833 bits per heavy atom. The summed E-state index contributed by atoms with van der Waals surface area (Å²) in [6.07, 6.45) is 42.2. The van der Waals surface area contributed by atoms with Crippen molar-refractivity contribution in [1.29, 1.82) is 0 Å². The Kier molecular flexibility index (Phi) is 30.8. The zero-order valence-corrected chi connectivity index (χ0v) is 27.6. The summed E-state index contributed by atoms with van der Waals surface area (Å²) in [5, 5.41) is 10.3. The van der Waals surface area contributed by atoms with Gasteiger partial charge in [0.2, 0.25) is 0 Å². The van der Waals surface area contributed by atoms with Gasteiger partial charge in [0.25, 0.3) is 0 Å². The monoisotopic (exact) mass is 586 g/mol. The number of allylic oxidation sites excluding steroid dienone is 8. The summed E-state index contributed by atoms with van der Waals surface area (Å²) in [7, 11) is 0. The highest BCUT2D eigenvalue weighted by molar-refractivity contribution is 5.93. The lowest BCUT2D eigenvalue weighted by atomic mass is 9.96. The molecule has 0 bridgehead atoms. The van der Waals surface area contributed by atoms with E-state index in [9.17, 15) is 14.7 Å². The molecule has 2 atom stereocenters. The van der Waals surface area contributed by atoms with Crippen LogP contribution in [0.15, 0.2) is 48.6 Å². The Bertz CT molecular complexity index is 675. The van der Waals surface area contributed by atoms with Gasteiger partial charge in [0.05, 0.1) is 6.04 Å². The molecule has 242 valence electrons. The topological polar surface area (TPSA) is 80.4 Å². The van der Waals surface area contributed by atoms with Crippen LogP contribution in [0.1, 0.15) is 168 Å². The van der Waals surface area contributed by atoms with Gasteiger partial charge in [-0.1, -0.05) is 127 Å². The van der Waals surface area contributed by atoms with Crippen molar-refractivity contribution in [2.75, 3.05) is 0 Å². The van der Waals surface area contributed by atoms with Crippen LogP contribution in [-0.4, -0.2) is 28.8 Å². The quantitative estimate of drug-likeness (QED) is 0.0626. The minimum Gasteiger partial charge on any atom is -0.383 e. The molecule has 0 fully saturated rings. The second kappa shape index (κ2) is 32.1. The average Bonchev–Trinajstić information content (AvgIpc) is 3.00. The van der Waals surface area contributed by atoms with Crippen molar-refractivity contribution in [3.05, 3.63) is 48.6 Å². The van der Waals surface area contributed by atoms with E-state index in [4.69, 9.17) is 5.73 Å². The molecule has 0 amide bonds. The minimum absolute atomic E-state index is 0.193. The molecule has 0 radical (unpaired) electrons. The lowest BCUT2D eigenvalue weighted by molar-refractivity contribution is -0.134. The van der Waals surface area contributed by atoms with Crippen LogP contribution in [0.2, 0.25) is 0 Å². The number of aliphatic hydroxyl groups excluding tert-OH is 1. The number of Topliss-reactive ketones (excluding diaryl/α,β-unsaturated/α-hetero) is 2. The molecule has 0 aromatic heterocycles. The van der Waals surface area contributed by atoms with E-state index >= 15 is 0 Å². The van der Waals surface area contributed by atoms with E-state index < -0.39 is 12.1 Å². The molecule has 0 rings (SSSR count). The molecule has 0 saturated heterocycles. The summed E-state index contributed by atoms with van der Waals surface area (Å²) in [5.74, 6) is -0.483. The first-order valence-electron chi connectivity index (χ1n) is 17.6. The molecule has 4 nitrogen and oxygen atoms in total. The third-order valence-corrected chi connectivity index (χ3v) is 7.79. The number of hydrogen-bond acceptors (Lipinski definition) is 4. The SMILES string of the molecule is CCCCC/C=C\C/C=C\CCCCCCCC(=O)C(N)C(O)C(=O)CCCCCCC/C=C\C/C=C\CCCCC. The number of aliphatic hydroxyl groups is 1. The van der Waals surface area contributed by atoms with Crippen LogP contribution in [0.5, 0.6) is 0 Å². The zero-order chi connectivity index (χ0) is 30.9. The molecule has 42 heavy (non-hydrogen) atoms. The Labute approximate surface area is 260 Å². The minimum atomic E-state index is -1.36. The number of unbranched alkanes of at least 4 members (excludes halogenated alkanes) is 16. The Morgan fingerprint density at radius 1 is 0.500 bits per heavy atom. The van der Waals surface area contributed by atoms with Gasteiger partial charge in [0.15, 0.2) is 11.6 Å². The van der Waals surface area contributed by atoms with Crippen LogP contribution >= 0.6 is 0 Å². The molecular weight excluding hydrogens is 518 g/mol. The highest BCUT2D eigenvalue weighted by Crippen LogP contribution is 2.13. The highest BCUT2D eigenvalue weighted by Gasteiger charge is 2.27. The highest BCUT2D eigenvalue weighted by atomic mass is 16.3. The Balaban J connectivity index is 3.69. The third kappa shape index (κ3) is 27.1. The number of nitrogens with two attached hydrogens (primary N) is 1. The molecule has 0 aliphatic carbocycles. The number of carbonyl (C=O) groups excluding carboxylic acids is 2. The fraction of sp³-hybridized carbons (Fsp3) is 0.737. The fourth-order valence-electron chi connectivity index (χ4n) is 4.91. The summed E-state index contributed by atoms with van der Waals surface area (Å²) in [6.45, 7) is 4.47. The molecule has 0 spiro atoms. The fourth-order valence-corrected chi connectivity index (χ4v) is 4.91. The van der Waals surface area contributed by atoms with E-state index in [0.29, 0.717) is 12.8 Å². The van der Waals surface area contributed by atoms with Gasteiger partial charge in [0, 0.05) is 12.8 Å². The standard InChI is InChI=1S/C38H67NO3/c1-3-5-7-9-11-13-15-17-19-21-23-25-27-29-31-33-35(40)37(39)38(42)36(41)34-32-30-28-26-24-22-20-18-16-14-12-10-8-6-4-2/h11-14,17-20,37-38,42H,3-10,15-16,21-34,39H2,1-2H3/b13-11-,14-12-,19-17-,20-18-. The van der Waals surface area contributed by atoms with Crippen molar-refractivity contribution in [3.63, 3.8) is 0 Å². The smallest absolute Gasteiger partial charge is 0.163 e. The number of hydrogen-bond donors (Lipinski definition) is 2. The van der Waals surface area contributed by atoms with Gasteiger partial charge in [-0.15, -0.1) is 0 Å². The first-order valence-corrected chi connectivity index (χ1v) is 17.6. The molecule has 4 heteroatoms. The lowest BCUT2D eigenvalue weighted by Gasteiger charge is -2.16. The van der Waals surface area contributed by atoms with Crippen molar-refractivity contribution in [1.82, 2.24) is 0 Å². The van der Waals surface area contributed by atoms with Crippen molar-refractivity contribution in [3.8, 4) is 0 Å². The van der Waals surface area contributed by atoms with Gasteiger partial charge < -0.3 is 10.8 Å². The van der Waals surface area contributed by atoms with Gasteiger partial charge in [-0.3, -0.25) is 9.59 Å². The summed E-state index contributed by atoms with van der Waals surface area (Å²) < 4.78 is 0. The van der Waals surface area contributed by atoms with Crippen LogP contribution in [0.25, 0.3) is 0 Å². The maximum atomic E-state index is 12.4. The lowest BCUT2D eigenvalue weighted by Crippen LogP contribution is -2.46. The van der Waals surface area contributed by atoms with E-state index in [0.717, 1.165) is 77.0 Å². The molecule has 0 aromatic carbocycles. The van der Waals surface area contributed by atoms with Crippen molar-refractivity contribution in [2.45, 2.75) is 180 Å². The van der Waals surface area contributed by atoms with Gasteiger partial charge >= 0.3 is 0 Å². The Hall–Kier alpha value is -1.78. The van der Waals surface area contributed by atoms with Crippen LogP contribution in [-0.2, 0) is 9.59 Å². The first-order chi connectivity index (χ1) is 20.5. The summed E-state index contributed by atoms with van der Waals surface area (Å²) in [5.41, 5.74) is 5.93. The maximum absolute atomic E-state index is 12.4. The largest absolute Gasteiger partial charge is 0.383 e. The second-order valence-corrected chi connectivity index (χ2v) is 11.9. The molecule has 0 saturated carbocycles.